The number of carbonyl (C=O) groups excluding carboxylic acids is 1. The smallest absolute Gasteiger partial charge is 0.150 e. The van der Waals surface area contributed by atoms with Crippen molar-refractivity contribution in [2.75, 3.05) is 31.1 Å². The molecule has 1 aliphatic rings. The summed E-state index contributed by atoms with van der Waals surface area (Å²) in [6, 6.07) is 14.6. The highest BCUT2D eigenvalue weighted by molar-refractivity contribution is 5.74. The molecule has 114 valence electrons. The zero-order valence-electron chi connectivity index (χ0n) is 12.4. The second-order valence-electron chi connectivity index (χ2n) is 5.58. The Morgan fingerprint density at radius 3 is 2.50 bits per heavy atom. The van der Waals surface area contributed by atoms with E-state index >= 15 is 0 Å². The highest BCUT2D eigenvalue weighted by atomic mass is 19.1. The average molecular weight is 298 g/mol. The number of rotatable bonds is 4. The fourth-order valence-corrected chi connectivity index (χ4v) is 2.88. The van der Waals surface area contributed by atoms with Gasteiger partial charge in [-0.3, -0.25) is 9.69 Å². The van der Waals surface area contributed by atoms with E-state index in [1.165, 1.54) is 6.07 Å². The SMILES string of the molecule is O=Cc1cccc(CN2CCN(c3ccccc3F)CC2)c1. The van der Waals surface area contributed by atoms with Gasteiger partial charge in [-0.05, 0) is 23.8 Å². The number of halogens is 1. The van der Waals surface area contributed by atoms with E-state index in [9.17, 15) is 9.18 Å². The lowest BCUT2D eigenvalue weighted by molar-refractivity contribution is 0.112. The van der Waals surface area contributed by atoms with Crippen LogP contribution >= 0.6 is 0 Å². The number of hydrogen-bond acceptors (Lipinski definition) is 3. The molecule has 0 aromatic heterocycles. The second kappa shape index (κ2) is 6.71. The number of benzene rings is 2. The first-order valence-corrected chi connectivity index (χ1v) is 7.52. The lowest BCUT2D eigenvalue weighted by atomic mass is 10.1. The summed E-state index contributed by atoms with van der Waals surface area (Å²) in [5.74, 6) is -0.158. The normalized spacial score (nSPS) is 15.8. The minimum atomic E-state index is -0.158. The molecule has 3 rings (SSSR count). The Balaban J connectivity index is 1.60. The molecule has 0 atom stereocenters. The second-order valence-corrected chi connectivity index (χ2v) is 5.58. The van der Waals surface area contributed by atoms with E-state index in [-0.39, 0.29) is 5.82 Å². The van der Waals surface area contributed by atoms with Gasteiger partial charge >= 0.3 is 0 Å². The molecule has 0 spiro atoms. The number of piperazine rings is 1. The molecule has 22 heavy (non-hydrogen) atoms. The molecule has 4 heteroatoms. The van der Waals surface area contributed by atoms with Crippen molar-refractivity contribution < 1.29 is 9.18 Å². The molecule has 1 saturated heterocycles. The van der Waals surface area contributed by atoms with Gasteiger partial charge in [0.25, 0.3) is 0 Å². The van der Waals surface area contributed by atoms with Crippen molar-refractivity contribution in [2.45, 2.75) is 6.54 Å². The standard InChI is InChI=1S/C18H19FN2O/c19-17-6-1-2-7-18(17)21-10-8-20(9-11-21)13-15-4-3-5-16(12-15)14-22/h1-7,12,14H,8-11,13H2. The fraction of sp³-hybridized carbons (Fsp3) is 0.278. The van der Waals surface area contributed by atoms with Crippen LogP contribution in [0.2, 0.25) is 0 Å². The largest absolute Gasteiger partial charge is 0.367 e. The average Bonchev–Trinajstić information content (AvgIpc) is 2.56. The van der Waals surface area contributed by atoms with Crippen molar-refractivity contribution in [3.63, 3.8) is 0 Å². The third kappa shape index (κ3) is 3.34. The molecule has 1 fully saturated rings. The summed E-state index contributed by atoms with van der Waals surface area (Å²) in [4.78, 5) is 15.3. The first-order valence-electron chi connectivity index (χ1n) is 7.52. The van der Waals surface area contributed by atoms with Gasteiger partial charge in [0.05, 0.1) is 5.69 Å². The van der Waals surface area contributed by atoms with Gasteiger partial charge in [0.15, 0.2) is 0 Å². The molecular weight excluding hydrogens is 279 g/mol. The molecule has 0 N–H and O–H groups in total. The molecular formula is C18H19FN2O. The lowest BCUT2D eigenvalue weighted by Crippen LogP contribution is -2.46. The Labute approximate surface area is 130 Å². The van der Waals surface area contributed by atoms with Crippen LogP contribution in [0.15, 0.2) is 48.5 Å². The summed E-state index contributed by atoms with van der Waals surface area (Å²) >= 11 is 0. The maximum atomic E-state index is 13.8. The van der Waals surface area contributed by atoms with Gasteiger partial charge in [-0.1, -0.05) is 30.3 Å². The highest BCUT2D eigenvalue weighted by Gasteiger charge is 2.19. The van der Waals surface area contributed by atoms with Gasteiger partial charge in [-0.2, -0.15) is 0 Å². The zero-order valence-corrected chi connectivity index (χ0v) is 12.4. The van der Waals surface area contributed by atoms with Crippen LogP contribution < -0.4 is 4.90 Å². The van der Waals surface area contributed by atoms with Crippen LogP contribution in [0, 0.1) is 5.82 Å². The van der Waals surface area contributed by atoms with Gasteiger partial charge in [-0.25, -0.2) is 4.39 Å². The van der Waals surface area contributed by atoms with Crippen LogP contribution in [-0.4, -0.2) is 37.4 Å². The summed E-state index contributed by atoms with van der Waals surface area (Å²) < 4.78 is 13.8. The Bertz CT molecular complexity index is 651. The Hall–Kier alpha value is -2.20. The predicted octanol–water partition coefficient (Wildman–Crippen LogP) is 2.96. The predicted molar refractivity (Wildman–Crippen MR) is 85.7 cm³/mol. The van der Waals surface area contributed by atoms with Gasteiger partial charge in [-0.15, -0.1) is 0 Å². The minimum absolute atomic E-state index is 0.158. The quantitative estimate of drug-likeness (QED) is 0.811. The summed E-state index contributed by atoms with van der Waals surface area (Å²) in [6.45, 7) is 4.23. The fourth-order valence-electron chi connectivity index (χ4n) is 2.88. The Kier molecular flexibility index (Phi) is 4.49. The van der Waals surface area contributed by atoms with E-state index in [2.05, 4.69) is 9.80 Å². The van der Waals surface area contributed by atoms with Crippen LogP contribution in [0.5, 0.6) is 0 Å². The van der Waals surface area contributed by atoms with E-state index in [0.717, 1.165) is 44.6 Å². The van der Waals surface area contributed by atoms with Crippen LogP contribution in [0.3, 0.4) is 0 Å². The molecule has 2 aromatic carbocycles. The number of anilines is 1. The molecule has 0 radical (unpaired) electrons. The highest BCUT2D eigenvalue weighted by Crippen LogP contribution is 2.20. The zero-order chi connectivity index (χ0) is 15.4. The van der Waals surface area contributed by atoms with Crippen LogP contribution in [-0.2, 0) is 6.54 Å². The van der Waals surface area contributed by atoms with E-state index in [4.69, 9.17) is 0 Å². The third-order valence-corrected chi connectivity index (χ3v) is 4.06. The molecule has 1 aliphatic heterocycles. The maximum absolute atomic E-state index is 13.8. The van der Waals surface area contributed by atoms with E-state index in [1.54, 1.807) is 6.07 Å². The van der Waals surface area contributed by atoms with Crippen molar-refractivity contribution in [1.29, 1.82) is 0 Å². The monoisotopic (exact) mass is 298 g/mol. The van der Waals surface area contributed by atoms with Crippen LogP contribution in [0.25, 0.3) is 0 Å². The summed E-state index contributed by atoms with van der Waals surface area (Å²) in [5.41, 5.74) is 2.54. The van der Waals surface area contributed by atoms with Crippen LogP contribution in [0.4, 0.5) is 10.1 Å². The molecule has 0 saturated carbocycles. The minimum Gasteiger partial charge on any atom is -0.367 e. The van der Waals surface area contributed by atoms with Gasteiger partial charge < -0.3 is 4.90 Å². The molecule has 0 bridgehead atoms. The van der Waals surface area contributed by atoms with Crippen molar-refractivity contribution in [3.05, 3.63) is 65.5 Å². The van der Waals surface area contributed by atoms with E-state index in [0.29, 0.717) is 11.3 Å². The van der Waals surface area contributed by atoms with Gasteiger partial charge in [0.1, 0.15) is 12.1 Å². The van der Waals surface area contributed by atoms with Gasteiger partial charge in [0, 0.05) is 38.3 Å². The number of aldehydes is 1. The topological polar surface area (TPSA) is 23.6 Å². The lowest BCUT2D eigenvalue weighted by Gasteiger charge is -2.36. The van der Waals surface area contributed by atoms with E-state index in [1.807, 2.05) is 36.4 Å². The first kappa shape index (κ1) is 14.7. The molecule has 1 heterocycles. The molecule has 0 amide bonds. The summed E-state index contributed by atoms with van der Waals surface area (Å²) in [5, 5.41) is 0. The van der Waals surface area contributed by atoms with Crippen LogP contribution in [0.1, 0.15) is 15.9 Å². The number of para-hydroxylation sites is 1. The molecule has 2 aromatic rings. The Morgan fingerprint density at radius 2 is 1.77 bits per heavy atom. The molecule has 0 unspecified atom stereocenters. The van der Waals surface area contributed by atoms with Crippen molar-refractivity contribution in [3.8, 4) is 0 Å². The number of carbonyl (C=O) groups is 1. The molecule has 3 nitrogen and oxygen atoms in total. The van der Waals surface area contributed by atoms with Crippen molar-refractivity contribution in [2.24, 2.45) is 0 Å². The first-order chi connectivity index (χ1) is 10.8. The van der Waals surface area contributed by atoms with Crippen molar-refractivity contribution in [1.82, 2.24) is 4.90 Å². The molecule has 0 aliphatic carbocycles. The maximum Gasteiger partial charge on any atom is 0.150 e. The number of nitrogens with zero attached hydrogens (tertiary/aromatic N) is 2. The van der Waals surface area contributed by atoms with Gasteiger partial charge in [0.2, 0.25) is 0 Å². The Morgan fingerprint density at radius 1 is 1.00 bits per heavy atom. The number of hydrogen-bond donors (Lipinski definition) is 0. The summed E-state index contributed by atoms with van der Waals surface area (Å²) in [6.07, 6.45) is 0.875. The van der Waals surface area contributed by atoms with E-state index < -0.39 is 0 Å². The van der Waals surface area contributed by atoms with Crippen molar-refractivity contribution >= 4 is 12.0 Å². The third-order valence-electron chi connectivity index (χ3n) is 4.06. The summed E-state index contributed by atoms with van der Waals surface area (Å²) in [7, 11) is 0.